The van der Waals surface area contributed by atoms with E-state index in [1.54, 1.807) is 30.3 Å². The van der Waals surface area contributed by atoms with Gasteiger partial charge in [0.15, 0.2) is 0 Å². The average Bonchev–Trinajstić information content (AvgIpc) is 2.37. The van der Waals surface area contributed by atoms with Gasteiger partial charge in [0.1, 0.15) is 0 Å². The summed E-state index contributed by atoms with van der Waals surface area (Å²) >= 11 is 0. The maximum atomic E-state index is 12.7. The summed E-state index contributed by atoms with van der Waals surface area (Å²) in [5.41, 5.74) is -0.465. The average molecular weight is 250 g/mol. The number of benzene rings is 2. The first-order chi connectivity index (χ1) is 8.57. The zero-order valence-electron chi connectivity index (χ0n) is 9.22. The Morgan fingerprint density at radius 1 is 0.722 bits per heavy atom. The molecule has 0 saturated heterocycles. The number of hydrogen-bond donors (Lipinski definition) is 0. The second-order valence-corrected chi connectivity index (χ2v) is 3.55. The standard InChI is InChI=1S/C13H9F3N2/c14-13(15,16)11-8-4-5-9-12(11)18-17-10-6-2-1-3-7-10/h1-9H/b18-17+. The molecule has 2 rings (SSSR count). The molecule has 2 aromatic rings. The quantitative estimate of drug-likeness (QED) is 0.661. The van der Waals surface area contributed by atoms with Crippen molar-refractivity contribution >= 4 is 11.4 Å². The summed E-state index contributed by atoms with van der Waals surface area (Å²) in [5.74, 6) is 0. The van der Waals surface area contributed by atoms with Crippen LogP contribution in [0.15, 0.2) is 64.8 Å². The molecule has 0 unspecified atom stereocenters. The van der Waals surface area contributed by atoms with Crippen LogP contribution in [0, 0.1) is 0 Å². The number of rotatable bonds is 2. The summed E-state index contributed by atoms with van der Waals surface area (Å²) in [5, 5.41) is 7.42. The third-order valence-corrected chi connectivity index (χ3v) is 2.24. The molecule has 5 heteroatoms. The molecule has 0 atom stereocenters. The lowest BCUT2D eigenvalue weighted by Crippen LogP contribution is -2.04. The molecule has 0 aliphatic carbocycles. The van der Waals surface area contributed by atoms with Crippen molar-refractivity contribution in [3.63, 3.8) is 0 Å². The summed E-state index contributed by atoms with van der Waals surface area (Å²) in [4.78, 5) is 0. The van der Waals surface area contributed by atoms with Crippen molar-refractivity contribution in [1.29, 1.82) is 0 Å². The minimum absolute atomic E-state index is 0.186. The van der Waals surface area contributed by atoms with E-state index in [1.165, 1.54) is 18.2 Å². The first-order valence-electron chi connectivity index (χ1n) is 5.20. The number of hydrogen-bond acceptors (Lipinski definition) is 2. The number of halogens is 3. The second kappa shape index (κ2) is 5.00. The third-order valence-electron chi connectivity index (χ3n) is 2.24. The molecule has 2 aromatic carbocycles. The van der Waals surface area contributed by atoms with E-state index in [0.717, 1.165) is 6.07 Å². The van der Waals surface area contributed by atoms with E-state index in [0.29, 0.717) is 5.69 Å². The molecule has 0 aliphatic heterocycles. The SMILES string of the molecule is FC(F)(F)c1ccccc1/N=N/c1ccccc1. The van der Waals surface area contributed by atoms with Crippen LogP contribution >= 0.6 is 0 Å². The van der Waals surface area contributed by atoms with Gasteiger partial charge < -0.3 is 0 Å². The lowest BCUT2D eigenvalue weighted by Gasteiger charge is -2.08. The van der Waals surface area contributed by atoms with Gasteiger partial charge in [0.25, 0.3) is 0 Å². The van der Waals surface area contributed by atoms with Gasteiger partial charge in [0, 0.05) is 0 Å². The molecule has 0 amide bonds. The molecule has 0 saturated carbocycles. The van der Waals surface area contributed by atoms with Crippen LogP contribution in [0.25, 0.3) is 0 Å². The predicted molar refractivity (Wildman–Crippen MR) is 62.1 cm³/mol. The van der Waals surface area contributed by atoms with Gasteiger partial charge in [0.05, 0.1) is 16.9 Å². The highest BCUT2D eigenvalue weighted by Gasteiger charge is 2.33. The Balaban J connectivity index is 2.33. The maximum absolute atomic E-state index is 12.7. The molecule has 0 spiro atoms. The summed E-state index contributed by atoms with van der Waals surface area (Å²) in [6.45, 7) is 0. The smallest absolute Gasteiger partial charge is 0.166 e. The molecule has 92 valence electrons. The molecule has 0 aliphatic rings. The van der Waals surface area contributed by atoms with Crippen LogP contribution in [0.5, 0.6) is 0 Å². The molecule has 18 heavy (non-hydrogen) atoms. The fourth-order valence-electron chi connectivity index (χ4n) is 1.41. The van der Waals surface area contributed by atoms with Crippen LogP contribution in [0.4, 0.5) is 24.5 Å². The van der Waals surface area contributed by atoms with Crippen molar-refractivity contribution in [2.75, 3.05) is 0 Å². The Kier molecular flexibility index (Phi) is 3.41. The first-order valence-corrected chi connectivity index (χ1v) is 5.20. The predicted octanol–water partition coefficient (Wildman–Crippen LogP) is 5.12. The first kappa shape index (κ1) is 12.3. The van der Waals surface area contributed by atoms with E-state index in [-0.39, 0.29) is 5.69 Å². The zero-order valence-corrected chi connectivity index (χ0v) is 9.22. The molecule has 0 radical (unpaired) electrons. The minimum atomic E-state index is -4.42. The van der Waals surface area contributed by atoms with Gasteiger partial charge in [-0.15, -0.1) is 5.11 Å². The summed E-state index contributed by atoms with van der Waals surface area (Å²) < 4.78 is 38.0. The van der Waals surface area contributed by atoms with Gasteiger partial charge in [-0.05, 0) is 24.3 Å². The van der Waals surface area contributed by atoms with E-state index >= 15 is 0 Å². The van der Waals surface area contributed by atoms with Crippen molar-refractivity contribution in [1.82, 2.24) is 0 Å². The molecular formula is C13H9F3N2. The van der Waals surface area contributed by atoms with Crippen LogP contribution in [-0.2, 0) is 6.18 Å². The highest BCUT2D eigenvalue weighted by atomic mass is 19.4. The lowest BCUT2D eigenvalue weighted by atomic mass is 10.2. The monoisotopic (exact) mass is 250 g/mol. The normalized spacial score (nSPS) is 11.9. The van der Waals surface area contributed by atoms with Crippen LogP contribution in [0.1, 0.15) is 5.56 Å². The Morgan fingerprint density at radius 2 is 1.33 bits per heavy atom. The van der Waals surface area contributed by atoms with E-state index in [9.17, 15) is 13.2 Å². The van der Waals surface area contributed by atoms with Crippen molar-refractivity contribution in [3.05, 3.63) is 60.2 Å². The molecule has 0 N–H and O–H groups in total. The van der Waals surface area contributed by atoms with Gasteiger partial charge in [-0.1, -0.05) is 30.3 Å². The topological polar surface area (TPSA) is 24.7 Å². The highest BCUT2D eigenvalue weighted by Crippen LogP contribution is 2.36. The van der Waals surface area contributed by atoms with Crippen molar-refractivity contribution in [2.45, 2.75) is 6.18 Å². The van der Waals surface area contributed by atoms with E-state index in [1.807, 2.05) is 0 Å². The number of azo groups is 1. The third kappa shape index (κ3) is 2.94. The summed E-state index contributed by atoms with van der Waals surface area (Å²) in [6.07, 6.45) is -4.42. The molecule has 2 nitrogen and oxygen atoms in total. The Bertz CT molecular complexity index is 548. The Labute approximate surface area is 102 Å². The molecule has 0 aromatic heterocycles. The van der Waals surface area contributed by atoms with Crippen molar-refractivity contribution in [3.8, 4) is 0 Å². The van der Waals surface area contributed by atoms with Crippen LogP contribution in [0.2, 0.25) is 0 Å². The number of alkyl halides is 3. The van der Waals surface area contributed by atoms with E-state index in [2.05, 4.69) is 10.2 Å². The summed E-state index contributed by atoms with van der Waals surface area (Å²) in [6, 6.07) is 13.7. The zero-order chi connectivity index (χ0) is 13.0. The van der Waals surface area contributed by atoms with E-state index < -0.39 is 11.7 Å². The minimum Gasteiger partial charge on any atom is -0.166 e. The van der Waals surface area contributed by atoms with Crippen molar-refractivity contribution in [2.24, 2.45) is 10.2 Å². The molecule has 0 bridgehead atoms. The van der Waals surface area contributed by atoms with Crippen molar-refractivity contribution < 1.29 is 13.2 Å². The largest absolute Gasteiger partial charge is 0.418 e. The maximum Gasteiger partial charge on any atom is 0.418 e. The summed E-state index contributed by atoms with van der Waals surface area (Å²) in [7, 11) is 0. The van der Waals surface area contributed by atoms with Crippen LogP contribution in [-0.4, -0.2) is 0 Å². The Hall–Kier alpha value is -2.17. The fraction of sp³-hybridized carbons (Fsp3) is 0.0769. The van der Waals surface area contributed by atoms with Crippen LogP contribution in [0.3, 0.4) is 0 Å². The molecule has 0 heterocycles. The van der Waals surface area contributed by atoms with E-state index in [4.69, 9.17) is 0 Å². The van der Waals surface area contributed by atoms with Gasteiger partial charge in [-0.25, -0.2) is 0 Å². The van der Waals surface area contributed by atoms with Gasteiger partial charge >= 0.3 is 6.18 Å². The van der Waals surface area contributed by atoms with Gasteiger partial charge in [-0.2, -0.15) is 18.3 Å². The second-order valence-electron chi connectivity index (χ2n) is 3.55. The molecule has 0 fully saturated rings. The van der Waals surface area contributed by atoms with Crippen LogP contribution < -0.4 is 0 Å². The lowest BCUT2D eigenvalue weighted by molar-refractivity contribution is -0.137. The number of nitrogens with zero attached hydrogens (tertiary/aromatic N) is 2. The highest BCUT2D eigenvalue weighted by molar-refractivity contribution is 5.47. The fourth-order valence-corrected chi connectivity index (χ4v) is 1.41. The Morgan fingerprint density at radius 3 is 2.00 bits per heavy atom. The molecular weight excluding hydrogens is 241 g/mol. The van der Waals surface area contributed by atoms with Gasteiger partial charge in [-0.3, -0.25) is 0 Å². The van der Waals surface area contributed by atoms with Gasteiger partial charge in [0.2, 0.25) is 0 Å².